The summed E-state index contributed by atoms with van der Waals surface area (Å²) < 4.78 is 5.42. The number of hydrogen-bond acceptors (Lipinski definition) is 4. The van der Waals surface area contributed by atoms with Crippen LogP contribution in [0.15, 0.2) is 0 Å². The van der Waals surface area contributed by atoms with Gasteiger partial charge < -0.3 is 15.2 Å². The Morgan fingerprint density at radius 1 is 1.28 bits per heavy atom. The topological polar surface area (TPSA) is 41.5 Å². The third kappa shape index (κ3) is 3.86. The molecular formula is C14H27NO2S. The zero-order chi connectivity index (χ0) is 12.8. The van der Waals surface area contributed by atoms with E-state index in [2.05, 4.69) is 24.0 Å². The zero-order valence-electron chi connectivity index (χ0n) is 11.5. The number of hydrogen-bond donors (Lipinski definition) is 2. The summed E-state index contributed by atoms with van der Waals surface area (Å²) in [5, 5.41) is 14.7. The molecule has 1 aliphatic carbocycles. The van der Waals surface area contributed by atoms with E-state index >= 15 is 0 Å². The number of rotatable bonds is 5. The third-order valence-electron chi connectivity index (χ3n) is 4.21. The van der Waals surface area contributed by atoms with Crippen molar-refractivity contribution in [3.05, 3.63) is 0 Å². The van der Waals surface area contributed by atoms with E-state index in [1.807, 2.05) is 0 Å². The van der Waals surface area contributed by atoms with Crippen LogP contribution >= 0.6 is 11.8 Å². The monoisotopic (exact) mass is 273 g/mol. The molecule has 2 unspecified atom stereocenters. The van der Waals surface area contributed by atoms with Crippen molar-refractivity contribution < 1.29 is 9.84 Å². The number of aliphatic hydroxyl groups excluding tert-OH is 1. The molecule has 1 heterocycles. The Bertz CT molecular complexity index is 242. The Kier molecular flexibility index (Phi) is 5.80. The highest BCUT2D eigenvalue weighted by Crippen LogP contribution is 2.38. The fraction of sp³-hybridized carbons (Fsp3) is 1.00. The zero-order valence-corrected chi connectivity index (χ0v) is 12.3. The van der Waals surface area contributed by atoms with Gasteiger partial charge in [-0.2, -0.15) is 11.8 Å². The molecule has 0 radical (unpaired) electrons. The molecule has 106 valence electrons. The molecule has 3 nitrogen and oxygen atoms in total. The molecule has 2 atom stereocenters. The van der Waals surface area contributed by atoms with Crippen molar-refractivity contribution in [3.63, 3.8) is 0 Å². The van der Waals surface area contributed by atoms with Gasteiger partial charge in [0.1, 0.15) is 0 Å². The van der Waals surface area contributed by atoms with E-state index in [0.29, 0.717) is 5.25 Å². The molecule has 0 aromatic rings. The van der Waals surface area contributed by atoms with Gasteiger partial charge in [-0.1, -0.05) is 13.3 Å². The van der Waals surface area contributed by atoms with Gasteiger partial charge in [-0.05, 0) is 38.6 Å². The first-order valence-corrected chi connectivity index (χ1v) is 8.31. The largest absolute Gasteiger partial charge is 0.394 e. The van der Waals surface area contributed by atoms with Gasteiger partial charge in [0.05, 0.1) is 6.61 Å². The molecule has 0 amide bonds. The van der Waals surface area contributed by atoms with Crippen molar-refractivity contribution in [2.24, 2.45) is 0 Å². The molecule has 18 heavy (non-hydrogen) atoms. The molecule has 0 bridgehead atoms. The van der Waals surface area contributed by atoms with Crippen molar-refractivity contribution in [3.8, 4) is 0 Å². The van der Waals surface area contributed by atoms with Gasteiger partial charge in [0.25, 0.3) is 0 Å². The maximum absolute atomic E-state index is 9.70. The van der Waals surface area contributed by atoms with Crippen molar-refractivity contribution in [2.45, 2.75) is 61.5 Å². The second-order valence-corrected chi connectivity index (χ2v) is 7.24. The summed E-state index contributed by atoms with van der Waals surface area (Å²) in [4.78, 5) is 0. The lowest BCUT2D eigenvalue weighted by molar-refractivity contribution is 0.0993. The Balaban J connectivity index is 1.85. The molecule has 2 fully saturated rings. The summed E-state index contributed by atoms with van der Waals surface area (Å²) in [6.45, 7) is 5.24. The summed E-state index contributed by atoms with van der Waals surface area (Å²) in [5.41, 5.74) is -0.00413. The Hall–Kier alpha value is 0.230. The lowest BCUT2D eigenvalue weighted by Crippen LogP contribution is -2.52. The molecule has 2 aliphatic rings. The van der Waals surface area contributed by atoms with Gasteiger partial charge in [-0.3, -0.25) is 0 Å². The van der Waals surface area contributed by atoms with Crippen molar-refractivity contribution in [2.75, 3.05) is 26.4 Å². The molecule has 0 aromatic heterocycles. The van der Waals surface area contributed by atoms with Crippen LogP contribution in [-0.2, 0) is 4.74 Å². The van der Waals surface area contributed by atoms with E-state index in [0.717, 1.165) is 37.9 Å². The van der Waals surface area contributed by atoms with Gasteiger partial charge in [-0.15, -0.1) is 0 Å². The predicted octanol–water partition coefficient (Wildman–Crippen LogP) is 2.18. The molecule has 2 rings (SSSR count). The molecule has 0 aromatic carbocycles. The summed E-state index contributed by atoms with van der Waals surface area (Å²) >= 11 is 2.15. The number of aliphatic hydroxyl groups is 1. The van der Waals surface area contributed by atoms with Gasteiger partial charge >= 0.3 is 0 Å². The minimum atomic E-state index is -0.00413. The predicted molar refractivity (Wildman–Crippen MR) is 77.2 cm³/mol. The van der Waals surface area contributed by atoms with Crippen molar-refractivity contribution >= 4 is 11.8 Å². The number of ether oxygens (including phenoxy) is 1. The lowest BCUT2D eigenvalue weighted by Gasteiger charge is -2.41. The highest BCUT2D eigenvalue weighted by molar-refractivity contribution is 8.00. The summed E-state index contributed by atoms with van der Waals surface area (Å²) in [5.74, 6) is 0. The highest BCUT2D eigenvalue weighted by Gasteiger charge is 2.36. The van der Waals surface area contributed by atoms with Crippen LogP contribution in [0.4, 0.5) is 0 Å². The first kappa shape index (κ1) is 14.6. The number of likely N-dealkylation sites (N-methyl/N-ethyl adjacent to an activating group) is 1. The van der Waals surface area contributed by atoms with E-state index in [-0.39, 0.29) is 12.1 Å². The standard InChI is InChI=1S/C14H27NO2S/c1-2-15-14(11-16)7-3-4-13(10-14)18-12-5-8-17-9-6-12/h12-13,15-16H,2-11H2,1H3. The van der Waals surface area contributed by atoms with Gasteiger partial charge in [0.2, 0.25) is 0 Å². The number of nitrogens with one attached hydrogen (secondary N) is 1. The Labute approximate surface area is 115 Å². The fourth-order valence-corrected chi connectivity index (χ4v) is 4.97. The van der Waals surface area contributed by atoms with Crippen molar-refractivity contribution in [1.82, 2.24) is 5.32 Å². The molecular weight excluding hydrogens is 246 g/mol. The summed E-state index contributed by atoms with van der Waals surface area (Å²) in [7, 11) is 0. The van der Waals surface area contributed by atoms with Crippen LogP contribution in [0.1, 0.15) is 45.4 Å². The molecule has 0 spiro atoms. The first-order valence-electron chi connectivity index (χ1n) is 7.37. The van der Waals surface area contributed by atoms with Crippen LogP contribution in [-0.4, -0.2) is 47.5 Å². The maximum Gasteiger partial charge on any atom is 0.0613 e. The van der Waals surface area contributed by atoms with E-state index in [1.54, 1.807) is 0 Å². The fourth-order valence-electron chi connectivity index (χ4n) is 3.24. The van der Waals surface area contributed by atoms with Crippen LogP contribution in [0.25, 0.3) is 0 Å². The number of thioether (sulfide) groups is 1. The van der Waals surface area contributed by atoms with Crippen molar-refractivity contribution in [1.29, 1.82) is 0 Å². The van der Waals surface area contributed by atoms with Crippen LogP contribution in [0.2, 0.25) is 0 Å². The summed E-state index contributed by atoms with van der Waals surface area (Å²) in [6, 6.07) is 0. The van der Waals surface area contributed by atoms with E-state index in [9.17, 15) is 5.11 Å². The smallest absolute Gasteiger partial charge is 0.0613 e. The molecule has 1 saturated carbocycles. The summed E-state index contributed by atoms with van der Waals surface area (Å²) in [6.07, 6.45) is 7.22. The van der Waals surface area contributed by atoms with Crippen LogP contribution in [0.3, 0.4) is 0 Å². The molecule has 2 N–H and O–H groups in total. The van der Waals surface area contributed by atoms with E-state index in [1.165, 1.54) is 25.7 Å². The van der Waals surface area contributed by atoms with E-state index in [4.69, 9.17) is 4.74 Å². The molecule has 1 aliphatic heterocycles. The second kappa shape index (κ2) is 7.13. The minimum absolute atomic E-state index is 0.00413. The molecule has 1 saturated heterocycles. The van der Waals surface area contributed by atoms with Gasteiger partial charge in [-0.25, -0.2) is 0 Å². The average molecular weight is 273 g/mol. The van der Waals surface area contributed by atoms with E-state index < -0.39 is 0 Å². The van der Waals surface area contributed by atoms with Crippen LogP contribution in [0.5, 0.6) is 0 Å². The SMILES string of the molecule is CCNC1(CO)CCCC(SC2CCOCC2)C1. The van der Waals surface area contributed by atoms with Gasteiger partial charge in [0.15, 0.2) is 0 Å². The quantitative estimate of drug-likeness (QED) is 0.805. The Morgan fingerprint density at radius 2 is 2.06 bits per heavy atom. The second-order valence-electron chi connectivity index (χ2n) is 5.63. The third-order valence-corrected chi connectivity index (χ3v) is 5.85. The first-order chi connectivity index (χ1) is 8.78. The Morgan fingerprint density at radius 3 is 2.72 bits per heavy atom. The highest BCUT2D eigenvalue weighted by atomic mass is 32.2. The average Bonchev–Trinajstić information content (AvgIpc) is 2.41. The minimum Gasteiger partial charge on any atom is -0.394 e. The molecule has 4 heteroatoms. The maximum atomic E-state index is 9.70. The van der Waals surface area contributed by atoms with Crippen LogP contribution in [0, 0.1) is 0 Å². The normalized spacial score (nSPS) is 34.7. The van der Waals surface area contributed by atoms with Gasteiger partial charge in [0, 0.05) is 29.3 Å². The lowest BCUT2D eigenvalue weighted by atomic mass is 9.82. The van der Waals surface area contributed by atoms with Crippen LogP contribution < -0.4 is 5.32 Å².